The first-order chi connectivity index (χ1) is 9.12. The molecule has 5 heteroatoms. The molecule has 0 aromatic heterocycles. The van der Waals surface area contributed by atoms with E-state index in [4.69, 9.17) is 4.74 Å². The number of hydrogen-bond acceptors (Lipinski definition) is 4. The summed E-state index contributed by atoms with van der Waals surface area (Å²) in [6, 6.07) is 7.45. The van der Waals surface area contributed by atoms with Gasteiger partial charge >= 0.3 is 0 Å². The topological polar surface area (TPSA) is 55.4 Å². The highest BCUT2D eigenvalue weighted by atomic mass is 32.2. The van der Waals surface area contributed by atoms with E-state index < -0.39 is 9.84 Å². The van der Waals surface area contributed by atoms with Gasteiger partial charge in [-0.05, 0) is 43.5 Å². The van der Waals surface area contributed by atoms with Crippen molar-refractivity contribution < 1.29 is 13.2 Å². The lowest BCUT2D eigenvalue weighted by molar-refractivity contribution is 0.144. The second-order valence-corrected chi connectivity index (χ2v) is 7.09. The molecule has 1 atom stereocenters. The third-order valence-electron chi connectivity index (χ3n) is 3.42. The van der Waals surface area contributed by atoms with E-state index in [1.807, 2.05) is 12.1 Å². The van der Waals surface area contributed by atoms with Gasteiger partial charge in [-0.1, -0.05) is 6.92 Å². The molecule has 0 amide bonds. The minimum absolute atomic E-state index is 0.139. The van der Waals surface area contributed by atoms with E-state index in [-0.39, 0.29) is 5.75 Å². The summed E-state index contributed by atoms with van der Waals surface area (Å²) in [5.41, 5.74) is 0.974. The van der Waals surface area contributed by atoms with E-state index in [1.54, 1.807) is 19.1 Å². The third kappa shape index (κ3) is 3.94. The molecular weight excluding hydrogens is 262 g/mol. The Balaban J connectivity index is 2.02. The van der Waals surface area contributed by atoms with E-state index in [9.17, 15) is 8.42 Å². The Kier molecular flexibility index (Phi) is 4.82. The van der Waals surface area contributed by atoms with Gasteiger partial charge in [-0.15, -0.1) is 0 Å². The minimum Gasteiger partial charge on any atom is -0.382 e. The van der Waals surface area contributed by atoms with Gasteiger partial charge in [0.2, 0.25) is 0 Å². The van der Waals surface area contributed by atoms with Crippen molar-refractivity contribution in [2.24, 2.45) is 0 Å². The molecule has 0 bridgehead atoms. The maximum absolute atomic E-state index is 11.7. The smallest absolute Gasteiger partial charge is 0.178 e. The minimum atomic E-state index is -3.10. The molecule has 19 heavy (non-hydrogen) atoms. The Labute approximate surface area is 115 Å². The quantitative estimate of drug-likeness (QED) is 0.922. The fourth-order valence-electron chi connectivity index (χ4n) is 2.21. The Bertz CT molecular complexity index is 488. The molecule has 0 spiro atoms. The first kappa shape index (κ1) is 14.3. The van der Waals surface area contributed by atoms with Crippen LogP contribution in [-0.2, 0) is 14.6 Å². The van der Waals surface area contributed by atoms with Crippen LogP contribution >= 0.6 is 0 Å². The second-order valence-electron chi connectivity index (χ2n) is 4.81. The SMILES string of the molecule is CCS(=O)(=O)c1ccc(N[C@@H]2CCCOCC2)cc1. The van der Waals surface area contributed by atoms with Crippen molar-refractivity contribution in [1.82, 2.24) is 0 Å². The summed E-state index contributed by atoms with van der Waals surface area (Å²) in [5.74, 6) is 0.139. The molecule has 1 aliphatic rings. The zero-order valence-electron chi connectivity index (χ0n) is 11.3. The van der Waals surface area contributed by atoms with E-state index in [0.29, 0.717) is 10.9 Å². The van der Waals surface area contributed by atoms with E-state index >= 15 is 0 Å². The van der Waals surface area contributed by atoms with Gasteiger partial charge in [-0.25, -0.2) is 8.42 Å². The standard InChI is InChI=1S/C14H21NO3S/c1-2-19(16,17)14-7-5-13(6-8-14)15-12-4-3-10-18-11-9-12/h5-8,12,15H,2-4,9-11H2,1H3/t12-/m1/s1. The molecule has 2 rings (SSSR count). The highest BCUT2D eigenvalue weighted by Gasteiger charge is 2.14. The Hall–Kier alpha value is -1.07. The molecular formula is C14H21NO3S. The average molecular weight is 283 g/mol. The van der Waals surface area contributed by atoms with E-state index in [0.717, 1.165) is 38.2 Å². The van der Waals surface area contributed by atoms with E-state index in [1.165, 1.54) is 0 Å². The normalized spacial score (nSPS) is 20.8. The number of nitrogens with one attached hydrogen (secondary N) is 1. The molecule has 106 valence electrons. The van der Waals surface area contributed by atoms with Crippen molar-refractivity contribution in [2.75, 3.05) is 24.3 Å². The number of sulfone groups is 1. The highest BCUT2D eigenvalue weighted by Crippen LogP contribution is 2.18. The maximum atomic E-state index is 11.7. The Morgan fingerprint density at radius 2 is 1.95 bits per heavy atom. The van der Waals surface area contributed by atoms with Crippen molar-refractivity contribution in [1.29, 1.82) is 0 Å². The fraction of sp³-hybridized carbons (Fsp3) is 0.571. The van der Waals surface area contributed by atoms with Crippen LogP contribution in [0.25, 0.3) is 0 Å². The lowest BCUT2D eigenvalue weighted by Gasteiger charge is -2.17. The zero-order valence-corrected chi connectivity index (χ0v) is 12.1. The van der Waals surface area contributed by atoms with Crippen LogP contribution in [0.3, 0.4) is 0 Å². The molecule has 1 heterocycles. The molecule has 4 nitrogen and oxygen atoms in total. The Morgan fingerprint density at radius 1 is 1.21 bits per heavy atom. The summed E-state index contributed by atoms with van der Waals surface area (Å²) in [5, 5.41) is 3.44. The number of rotatable bonds is 4. The summed E-state index contributed by atoms with van der Waals surface area (Å²) in [4.78, 5) is 0.393. The van der Waals surface area contributed by atoms with Crippen LogP contribution in [-0.4, -0.2) is 33.4 Å². The highest BCUT2D eigenvalue weighted by molar-refractivity contribution is 7.91. The predicted molar refractivity (Wildman–Crippen MR) is 76.2 cm³/mol. The predicted octanol–water partition coefficient (Wildman–Crippen LogP) is 2.46. The molecule has 1 aromatic rings. The van der Waals surface area contributed by atoms with Crippen molar-refractivity contribution in [2.45, 2.75) is 37.1 Å². The van der Waals surface area contributed by atoms with Crippen molar-refractivity contribution >= 4 is 15.5 Å². The van der Waals surface area contributed by atoms with Crippen LogP contribution < -0.4 is 5.32 Å². The summed E-state index contributed by atoms with van der Waals surface area (Å²) in [6.07, 6.45) is 3.16. The molecule has 1 N–H and O–H groups in total. The maximum Gasteiger partial charge on any atom is 0.178 e. The summed E-state index contributed by atoms with van der Waals surface area (Å²) < 4.78 is 28.8. The largest absolute Gasteiger partial charge is 0.382 e. The van der Waals surface area contributed by atoms with Gasteiger partial charge in [0, 0.05) is 24.9 Å². The number of hydrogen-bond donors (Lipinski definition) is 1. The second kappa shape index (κ2) is 6.39. The van der Waals surface area contributed by atoms with Crippen LogP contribution in [0.15, 0.2) is 29.2 Å². The monoisotopic (exact) mass is 283 g/mol. The molecule has 1 aliphatic heterocycles. The summed E-state index contributed by atoms with van der Waals surface area (Å²) >= 11 is 0. The molecule has 0 unspecified atom stereocenters. The molecule has 0 aliphatic carbocycles. The molecule has 1 saturated heterocycles. The van der Waals surface area contributed by atoms with Gasteiger partial charge in [0.25, 0.3) is 0 Å². The van der Waals surface area contributed by atoms with Crippen LogP contribution in [0, 0.1) is 0 Å². The van der Waals surface area contributed by atoms with E-state index in [2.05, 4.69) is 5.32 Å². The Morgan fingerprint density at radius 3 is 2.63 bits per heavy atom. The van der Waals surface area contributed by atoms with Crippen LogP contribution in [0.5, 0.6) is 0 Å². The fourth-order valence-corrected chi connectivity index (χ4v) is 3.09. The lowest BCUT2D eigenvalue weighted by Crippen LogP contribution is -2.19. The molecule has 1 fully saturated rings. The molecule has 1 aromatic carbocycles. The van der Waals surface area contributed by atoms with Gasteiger partial charge in [0.15, 0.2) is 9.84 Å². The van der Waals surface area contributed by atoms with Gasteiger partial charge in [0.05, 0.1) is 10.6 Å². The molecule has 0 saturated carbocycles. The van der Waals surface area contributed by atoms with Crippen molar-refractivity contribution in [3.63, 3.8) is 0 Å². The average Bonchev–Trinajstić information content (AvgIpc) is 2.68. The van der Waals surface area contributed by atoms with Gasteiger partial charge < -0.3 is 10.1 Å². The number of anilines is 1. The third-order valence-corrected chi connectivity index (χ3v) is 5.17. The summed E-state index contributed by atoms with van der Waals surface area (Å²) in [7, 11) is -3.10. The molecule has 0 radical (unpaired) electrons. The summed E-state index contributed by atoms with van der Waals surface area (Å²) in [6.45, 7) is 3.29. The van der Waals surface area contributed by atoms with Crippen LogP contribution in [0.1, 0.15) is 26.2 Å². The van der Waals surface area contributed by atoms with Crippen molar-refractivity contribution in [3.05, 3.63) is 24.3 Å². The van der Waals surface area contributed by atoms with Gasteiger partial charge in [-0.3, -0.25) is 0 Å². The number of benzene rings is 1. The van der Waals surface area contributed by atoms with Gasteiger partial charge in [0.1, 0.15) is 0 Å². The van der Waals surface area contributed by atoms with Crippen LogP contribution in [0.2, 0.25) is 0 Å². The van der Waals surface area contributed by atoms with Crippen molar-refractivity contribution in [3.8, 4) is 0 Å². The zero-order chi connectivity index (χ0) is 13.7. The first-order valence-electron chi connectivity index (χ1n) is 6.79. The lowest BCUT2D eigenvalue weighted by atomic mass is 10.1. The number of ether oxygens (including phenoxy) is 1. The van der Waals surface area contributed by atoms with Gasteiger partial charge in [-0.2, -0.15) is 0 Å². The first-order valence-corrected chi connectivity index (χ1v) is 8.44. The van der Waals surface area contributed by atoms with Crippen LogP contribution in [0.4, 0.5) is 5.69 Å².